The normalized spacial score (nSPS) is 10.1. The molecule has 5 heteroatoms. The second kappa shape index (κ2) is 8.15. The van der Waals surface area contributed by atoms with Gasteiger partial charge in [-0.1, -0.05) is 48.0 Å². The van der Waals surface area contributed by atoms with Crippen LogP contribution in [0.25, 0.3) is 0 Å². The Morgan fingerprint density at radius 3 is 2.33 bits per heavy atom. The van der Waals surface area contributed by atoms with Gasteiger partial charge in [0.1, 0.15) is 0 Å². The quantitative estimate of drug-likeness (QED) is 0.888. The largest absolute Gasteiger partial charge is 0.349 e. The number of anilines is 1. The van der Waals surface area contributed by atoms with Crippen molar-refractivity contribution < 1.29 is 9.59 Å². The maximum absolute atomic E-state index is 12.1. The average Bonchev–Trinajstić information content (AvgIpc) is 2.56. The molecule has 0 saturated heterocycles. The van der Waals surface area contributed by atoms with Crippen LogP contribution in [0.15, 0.2) is 48.5 Å². The summed E-state index contributed by atoms with van der Waals surface area (Å²) in [5.74, 6) is -0.00989. The minimum absolute atomic E-state index is 0.00989. The van der Waals surface area contributed by atoms with Gasteiger partial charge in [-0.15, -0.1) is 0 Å². The van der Waals surface area contributed by atoms with E-state index >= 15 is 0 Å². The van der Waals surface area contributed by atoms with Gasteiger partial charge in [0.2, 0.25) is 5.91 Å². The Balaban J connectivity index is 1.96. The van der Waals surface area contributed by atoms with Gasteiger partial charge in [0, 0.05) is 26.3 Å². The number of benzene rings is 2. The van der Waals surface area contributed by atoms with E-state index in [0.29, 0.717) is 12.2 Å². The summed E-state index contributed by atoms with van der Waals surface area (Å²) < 4.78 is 0. The van der Waals surface area contributed by atoms with E-state index in [4.69, 9.17) is 0 Å². The Bertz CT molecular complexity index is 709. The van der Waals surface area contributed by atoms with Crippen molar-refractivity contribution in [1.82, 2.24) is 10.2 Å². The zero-order valence-corrected chi connectivity index (χ0v) is 14.3. The van der Waals surface area contributed by atoms with Gasteiger partial charge in [0.05, 0.1) is 6.42 Å². The van der Waals surface area contributed by atoms with E-state index in [2.05, 4.69) is 10.6 Å². The van der Waals surface area contributed by atoms with Crippen LogP contribution in [0.3, 0.4) is 0 Å². The van der Waals surface area contributed by atoms with E-state index in [-0.39, 0.29) is 18.4 Å². The lowest BCUT2D eigenvalue weighted by atomic mass is 10.1. The smallest absolute Gasteiger partial charge is 0.319 e. The van der Waals surface area contributed by atoms with Gasteiger partial charge in [0.25, 0.3) is 0 Å². The highest BCUT2D eigenvalue weighted by molar-refractivity contribution is 5.91. The molecule has 0 bridgehead atoms. The van der Waals surface area contributed by atoms with Gasteiger partial charge >= 0.3 is 6.03 Å². The predicted molar refractivity (Wildman–Crippen MR) is 95.9 cm³/mol. The second-order valence-corrected chi connectivity index (χ2v) is 5.92. The van der Waals surface area contributed by atoms with Crippen molar-refractivity contribution in [1.29, 1.82) is 0 Å². The van der Waals surface area contributed by atoms with Crippen LogP contribution in [0.5, 0.6) is 0 Å². The minimum Gasteiger partial charge on any atom is -0.349 e. The highest BCUT2D eigenvalue weighted by Gasteiger charge is 2.11. The molecule has 0 aliphatic heterocycles. The first kappa shape index (κ1) is 17.5. The van der Waals surface area contributed by atoms with Crippen molar-refractivity contribution in [3.8, 4) is 0 Å². The molecule has 126 valence electrons. The fraction of sp³-hybridized carbons (Fsp3) is 0.263. The summed E-state index contributed by atoms with van der Waals surface area (Å²) in [6, 6.07) is 15.0. The monoisotopic (exact) mass is 325 g/mol. The first-order chi connectivity index (χ1) is 11.5. The molecule has 0 saturated carbocycles. The van der Waals surface area contributed by atoms with Crippen LogP contribution in [-0.4, -0.2) is 30.9 Å². The summed E-state index contributed by atoms with van der Waals surface area (Å²) >= 11 is 0. The molecule has 0 radical (unpaired) electrons. The lowest BCUT2D eigenvalue weighted by Gasteiger charge is -2.14. The molecule has 3 amide bonds. The molecule has 5 nitrogen and oxygen atoms in total. The number of aryl methyl sites for hydroxylation is 1. The fourth-order valence-electron chi connectivity index (χ4n) is 2.17. The zero-order valence-electron chi connectivity index (χ0n) is 14.3. The number of hydrogen-bond donors (Lipinski definition) is 2. The summed E-state index contributed by atoms with van der Waals surface area (Å²) in [5, 5.41) is 5.64. The summed E-state index contributed by atoms with van der Waals surface area (Å²) in [6.07, 6.45) is 0.251. The van der Waals surface area contributed by atoms with Crippen LogP contribution in [0.2, 0.25) is 0 Å². The molecule has 0 aliphatic carbocycles. The molecule has 2 aromatic rings. The van der Waals surface area contributed by atoms with E-state index in [1.807, 2.05) is 49.4 Å². The SMILES string of the molecule is Cc1ccc(CNC(=O)Nc2ccccc2CC(=O)N(C)C)cc1. The highest BCUT2D eigenvalue weighted by Crippen LogP contribution is 2.16. The number of nitrogens with zero attached hydrogens (tertiary/aromatic N) is 1. The molecule has 0 heterocycles. The molecule has 0 aliphatic rings. The Morgan fingerprint density at radius 2 is 1.67 bits per heavy atom. The van der Waals surface area contributed by atoms with Crippen molar-refractivity contribution in [3.05, 3.63) is 65.2 Å². The predicted octanol–water partition coefficient (Wildman–Crippen LogP) is 2.95. The third-order valence-electron chi connectivity index (χ3n) is 3.68. The number of para-hydroxylation sites is 1. The van der Waals surface area contributed by atoms with Crippen LogP contribution < -0.4 is 10.6 Å². The summed E-state index contributed by atoms with van der Waals surface area (Å²) in [4.78, 5) is 25.5. The minimum atomic E-state index is -0.291. The van der Waals surface area contributed by atoms with Gasteiger partial charge < -0.3 is 15.5 Å². The van der Waals surface area contributed by atoms with Crippen molar-refractivity contribution in [2.45, 2.75) is 19.9 Å². The molecular weight excluding hydrogens is 302 g/mol. The molecule has 0 unspecified atom stereocenters. The van der Waals surface area contributed by atoms with Gasteiger partial charge in [-0.05, 0) is 24.1 Å². The van der Waals surface area contributed by atoms with Crippen molar-refractivity contribution in [2.75, 3.05) is 19.4 Å². The number of rotatable bonds is 5. The number of nitrogens with one attached hydrogen (secondary N) is 2. The summed E-state index contributed by atoms with van der Waals surface area (Å²) in [5.41, 5.74) is 3.66. The molecule has 0 atom stereocenters. The van der Waals surface area contributed by atoms with E-state index in [1.165, 1.54) is 10.5 Å². The van der Waals surface area contributed by atoms with Gasteiger partial charge in [-0.2, -0.15) is 0 Å². The Labute approximate surface area is 142 Å². The highest BCUT2D eigenvalue weighted by atomic mass is 16.2. The van der Waals surface area contributed by atoms with Crippen molar-refractivity contribution >= 4 is 17.6 Å². The third-order valence-corrected chi connectivity index (χ3v) is 3.68. The van der Waals surface area contributed by atoms with Crippen molar-refractivity contribution in [2.24, 2.45) is 0 Å². The van der Waals surface area contributed by atoms with Crippen LogP contribution in [-0.2, 0) is 17.8 Å². The van der Waals surface area contributed by atoms with Crippen LogP contribution in [0.1, 0.15) is 16.7 Å². The molecule has 2 N–H and O–H groups in total. The number of urea groups is 1. The summed E-state index contributed by atoms with van der Waals surface area (Å²) in [6.45, 7) is 2.47. The zero-order chi connectivity index (χ0) is 17.5. The lowest BCUT2D eigenvalue weighted by Crippen LogP contribution is -2.29. The fourth-order valence-corrected chi connectivity index (χ4v) is 2.17. The van der Waals surface area contributed by atoms with Gasteiger partial charge in [-0.25, -0.2) is 4.79 Å². The number of carbonyl (C=O) groups excluding carboxylic acids is 2. The third kappa shape index (κ3) is 5.12. The summed E-state index contributed by atoms with van der Waals surface area (Å²) in [7, 11) is 3.43. The van der Waals surface area contributed by atoms with Gasteiger partial charge in [-0.3, -0.25) is 4.79 Å². The van der Waals surface area contributed by atoms with E-state index in [9.17, 15) is 9.59 Å². The number of hydrogen-bond acceptors (Lipinski definition) is 2. The number of amides is 3. The number of likely N-dealkylation sites (N-methyl/N-ethyl adjacent to an activating group) is 1. The van der Waals surface area contributed by atoms with Gasteiger partial charge in [0.15, 0.2) is 0 Å². The molecule has 24 heavy (non-hydrogen) atoms. The standard InChI is InChI=1S/C19H23N3O2/c1-14-8-10-15(11-9-14)13-20-19(24)21-17-7-5-4-6-16(17)12-18(23)22(2)3/h4-11H,12-13H2,1-3H3,(H2,20,21,24). The van der Waals surface area contributed by atoms with Crippen LogP contribution in [0.4, 0.5) is 10.5 Å². The van der Waals surface area contributed by atoms with Crippen LogP contribution >= 0.6 is 0 Å². The topological polar surface area (TPSA) is 61.4 Å². The Hall–Kier alpha value is -2.82. The number of carbonyl (C=O) groups is 2. The van der Waals surface area contributed by atoms with Crippen LogP contribution in [0, 0.1) is 6.92 Å². The second-order valence-electron chi connectivity index (χ2n) is 5.92. The molecular formula is C19H23N3O2. The first-order valence-electron chi connectivity index (χ1n) is 7.84. The Morgan fingerprint density at radius 1 is 1.00 bits per heavy atom. The van der Waals surface area contributed by atoms with E-state index in [0.717, 1.165) is 11.1 Å². The molecule has 2 aromatic carbocycles. The maximum atomic E-state index is 12.1. The lowest BCUT2D eigenvalue weighted by molar-refractivity contribution is -0.127. The molecule has 0 spiro atoms. The first-order valence-corrected chi connectivity index (χ1v) is 7.84. The molecule has 0 fully saturated rings. The Kier molecular flexibility index (Phi) is 5.95. The maximum Gasteiger partial charge on any atom is 0.319 e. The molecule has 2 rings (SSSR count). The average molecular weight is 325 g/mol. The van der Waals surface area contributed by atoms with Crippen molar-refractivity contribution in [3.63, 3.8) is 0 Å². The van der Waals surface area contributed by atoms with E-state index in [1.54, 1.807) is 20.2 Å². The van der Waals surface area contributed by atoms with E-state index < -0.39 is 0 Å². The molecule has 0 aromatic heterocycles.